The van der Waals surface area contributed by atoms with Crippen LogP contribution in [0.1, 0.15) is 36.0 Å². The van der Waals surface area contributed by atoms with Crippen molar-refractivity contribution in [2.45, 2.75) is 43.9 Å². The number of carbonyl (C=O) groups is 2. The first kappa shape index (κ1) is 12.8. The number of rotatable bonds is 1. The summed E-state index contributed by atoms with van der Waals surface area (Å²) in [7, 11) is 1.64. The van der Waals surface area contributed by atoms with Crippen LogP contribution in [0.2, 0.25) is 0 Å². The van der Waals surface area contributed by atoms with Crippen molar-refractivity contribution in [3.05, 3.63) is 23.8 Å². The van der Waals surface area contributed by atoms with Crippen LogP contribution in [0.4, 0.5) is 11.4 Å². The second-order valence-corrected chi connectivity index (χ2v) is 6.31. The zero-order chi connectivity index (χ0) is 14.7. The summed E-state index contributed by atoms with van der Waals surface area (Å²) in [6.07, 6.45) is 3.63. The molecule has 3 heterocycles. The Hall–Kier alpha value is -1.88. The van der Waals surface area contributed by atoms with Gasteiger partial charge in [0.25, 0.3) is 11.7 Å². The molecule has 0 radical (unpaired) electrons. The molecule has 5 heteroatoms. The van der Waals surface area contributed by atoms with Crippen LogP contribution in [0, 0.1) is 0 Å². The number of likely N-dealkylation sites (N-methyl/N-ethyl adjacent to an activating group) is 1. The van der Waals surface area contributed by atoms with Gasteiger partial charge in [-0.15, -0.1) is 0 Å². The molecule has 21 heavy (non-hydrogen) atoms. The third-order valence-electron chi connectivity index (χ3n) is 5.09. The molecule has 1 aromatic rings. The second-order valence-electron chi connectivity index (χ2n) is 6.31. The van der Waals surface area contributed by atoms with Crippen LogP contribution >= 0.6 is 0 Å². The van der Waals surface area contributed by atoms with Crippen molar-refractivity contribution in [3.63, 3.8) is 0 Å². The molecular weight excluding hydrogens is 268 g/mol. The summed E-state index contributed by atoms with van der Waals surface area (Å²) in [5, 5.41) is 9.90. The summed E-state index contributed by atoms with van der Waals surface area (Å²) < 4.78 is 0. The zero-order valence-corrected chi connectivity index (χ0v) is 12.0. The zero-order valence-electron chi connectivity index (χ0n) is 12.0. The van der Waals surface area contributed by atoms with E-state index in [4.69, 9.17) is 0 Å². The summed E-state index contributed by atoms with van der Waals surface area (Å²) in [6.45, 7) is 0. The van der Waals surface area contributed by atoms with Gasteiger partial charge in [0.2, 0.25) is 0 Å². The molecule has 1 amide bonds. The smallest absolute Gasteiger partial charge is 0.299 e. The Bertz CT molecular complexity index is 628. The lowest BCUT2D eigenvalue weighted by Gasteiger charge is -2.39. The molecule has 2 unspecified atom stereocenters. The lowest BCUT2D eigenvalue weighted by Crippen LogP contribution is -2.44. The predicted molar refractivity (Wildman–Crippen MR) is 78.7 cm³/mol. The van der Waals surface area contributed by atoms with Gasteiger partial charge in [-0.3, -0.25) is 9.59 Å². The molecule has 4 rings (SSSR count). The Labute approximate surface area is 123 Å². The van der Waals surface area contributed by atoms with Crippen LogP contribution in [0.15, 0.2) is 18.2 Å². The molecule has 0 spiro atoms. The van der Waals surface area contributed by atoms with E-state index in [9.17, 15) is 14.7 Å². The number of aliphatic hydroxyl groups is 1. The molecule has 2 saturated heterocycles. The Morgan fingerprint density at radius 2 is 1.81 bits per heavy atom. The summed E-state index contributed by atoms with van der Waals surface area (Å²) >= 11 is 0. The third kappa shape index (κ3) is 1.73. The molecule has 5 nitrogen and oxygen atoms in total. The number of amides is 1. The number of hydrogen-bond donors (Lipinski definition) is 1. The molecule has 0 saturated carbocycles. The molecule has 110 valence electrons. The van der Waals surface area contributed by atoms with Crippen LogP contribution in [-0.2, 0) is 4.79 Å². The van der Waals surface area contributed by atoms with Crippen LogP contribution in [0.5, 0.6) is 0 Å². The Morgan fingerprint density at radius 1 is 1.14 bits per heavy atom. The highest BCUT2D eigenvalue weighted by atomic mass is 16.3. The number of piperidine rings is 1. The van der Waals surface area contributed by atoms with E-state index in [0.29, 0.717) is 23.3 Å². The van der Waals surface area contributed by atoms with Crippen LogP contribution in [0.25, 0.3) is 0 Å². The number of Topliss-reactive ketones (excluding diaryl/α,β-unsaturated/α-hetero) is 1. The molecule has 2 fully saturated rings. The number of carbonyl (C=O) groups excluding carboxylic acids is 2. The lowest BCUT2D eigenvalue weighted by atomic mass is 9.98. The number of ketones is 1. The highest BCUT2D eigenvalue weighted by Crippen LogP contribution is 2.41. The fourth-order valence-electron chi connectivity index (χ4n) is 4.10. The largest absolute Gasteiger partial charge is 0.393 e. The first-order chi connectivity index (χ1) is 10.1. The average molecular weight is 286 g/mol. The fourth-order valence-corrected chi connectivity index (χ4v) is 4.10. The molecular formula is C16H18N2O3. The summed E-state index contributed by atoms with van der Waals surface area (Å²) in [4.78, 5) is 27.4. The van der Waals surface area contributed by atoms with Crippen molar-refractivity contribution >= 4 is 23.1 Å². The Kier molecular flexibility index (Phi) is 2.63. The molecule has 3 aliphatic heterocycles. The van der Waals surface area contributed by atoms with E-state index in [2.05, 4.69) is 4.90 Å². The third-order valence-corrected chi connectivity index (χ3v) is 5.09. The first-order valence-electron chi connectivity index (χ1n) is 7.49. The number of anilines is 2. The van der Waals surface area contributed by atoms with E-state index >= 15 is 0 Å². The van der Waals surface area contributed by atoms with Crippen molar-refractivity contribution in [2.24, 2.45) is 0 Å². The summed E-state index contributed by atoms with van der Waals surface area (Å²) in [5.74, 6) is -0.879. The number of benzene rings is 1. The van der Waals surface area contributed by atoms with E-state index in [1.54, 1.807) is 13.1 Å². The topological polar surface area (TPSA) is 60.9 Å². The van der Waals surface area contributed by atoms with Gasteiger partial charge in [0.1, 0.15) is 0 Å². The minimum atomic E-state index is -0.459. The maximum atomic E-state index is 11.8. The molecule has 1 N–H and O–H groups in total. The van der Waals surface area contributed by atoms with E-state index in [-0.39, 0.29) is 6.10 Å². The van der Waals surface area contributed by atoms with Gasteiger partial charge < -0.3 is 14.9 Å². The van der Waals surface area contributed by atoms with Crippen LogP contribution < -0.4 is 9.80 Å². The van der Waals surface area contributed by atoms with Crippen molar-refractivity contribution in [1.29, 1.82) is 0 Å². The quantitative estimate of drug-likeness (QED) is 0.791. The Morgan fingerprint density at radius 3 is 2.48 bits per heavy atom. The first-order valence-corrected chi connectivity index (χ1v) is 7.49. The highest BCUT2D eigenvalue weighted by Gasteiger charge is 2.41. The van der Waals surface area contributed by atoms with E-state index < -0.39 is 11.7 Å². The fraction of sp³-hybridized carbons (Fsp3) is 0.500. The minimum absolute atomic E-state index is 0.195. The van der Waals surface area contributed by atoms with Gasteiger partial charge in [0, 0.05) is 24.8 Å². The van der Waals surface area contributed by atoms with E-state index in [0.717, 1.165) is 31.4 Å². The van der Waals surface area contributed by atoms with Crippen molar-refractivity contribution in [2.75, 3.05) is 16.8 Å². The lowest BCUT2D eigenvalue weighted by molar-refractivity contribution is -0.114. The maximum Gasteiger partial charge on any atom is 0.299 e. The molecule has 1 aromatic carbocycles. The monoisotopic (exact) mass is 286 g/mol. The van der Waals surface area contributed by atoms with Gasteiger partial charge in [-0.1, -0.05) is 0 Å². The van der Waals surface area contributed by atoms with Crippen molar-refractivity contribution in [3.8, 4) is 0 Å². The van der Waals surface area contributed by atoms with Crippen LogP contribution in [0.3, 0.4) is 0 Å². The van der Waals surface area contributed by atoms with Gasteiger partial charge in [-0.2, -0.15) is 0 Å². The van der Waals surface area contributed by atoms with Gasteiger partial charge in [0.05, 0.1) is 17.4 Å². The summed E-state index contributed by atoms with van der Waals surface area (Å²) in [6, 6.07) is 6.39. The van der Waals surface area contributed by atoms with Gasteiger partial charge in [-0.05, 0) is 43.9 Å². The summed E-state index contributed by atoms with van der Waals surface area (Å²) in [5.41, 5.74) is 2.26. The molecule has 0 aromatic heterocycles. The average Bonchev–Trinajstić information content (AvgIpc) is 2.86. The standard InChI is InChI=1S/C16H18N2O3/c1-17-14-8-11(4-5-13(14)15(20)16(17)21)18-9-2-3-10(18)7-12(19)6-9/h4-5,8-10,12,19H,2-3,6-7H2,1H3. The van der Waals surface area contributed by atoms with Gasteiger partial charge >= 0.3 is 0 Å². The molecule has 2 bridgehead atoms. The van der Waals surface area contributed by atoms with Gasteiger partial charge in [-0.25, -0.2) is 0 Å². The van der Waals surface area contributed by atoms with Gasteiger partial charge in [0.15, 0.2) is 0 Å². The van der Waals surface area contributed by atoms with E-state index in [1.165, 1.54) is 4.90 Å². The highest BCUT2D eigenvalue weighted by molar-refractivity contribution is 6.52. The normalized spacial score (nSPS) is 31.0. The number of fused-ring (bicyclic) bond motifs is 3. The molecule has 2 atom stereocenters. The predicted octanol–water partition coefficient (Wildman–Crippen LogP) is 1.34. The van der Waals surface area contributed by atoms with E-state index in [1.807, 2.05) is 12.1 Å². The Balaban J connectivity index is 1.73. The SMILES string of the molecule is CN1C(=O)C(=O)c2ccc(N3C4CCC3CC(O)C4)cc21. The van der Waals surface area contributed by atoms with Crippen molar-refractivity contribution < 1.29 is 14.7 Å². The molecule has 0 aliphatic carbocycles. The van der Waals surface area contributed by atoms with Crippen LogP contribution in [-0.4, -0.2) is 42.0 Å². The number of aliphatic hydroxyl groups excluding tert-OH is 1. The second kappa shape index (κ2) is 4.31. The maximum absolute atomic E-state index is 11.8. The number of nitrogens with zero attached hydrogens (tertiary/aromatic N) is 2. The minimum Gasteiger partial charge on any atom is -0.393 e. The number of hydrogen-bond acceptors (Lipinski definition) is 4. The molecule has 3 aliphatic rings. The van der Waals surface area contributed by atoms with Crippen molar-refractivity contribution in [1.82, 2.24) is 0 Å².